The van der Waals surface area contributed by atoms with E-state index in [9.17, 15) is 9.59 Å². The van der Waals surface area contributed by atoms with E-state index >= 15 is 0 Å². The second-order valence-electron chi connectivity index (χ2n) is 6.92. The average Bonchev–Trinajstić information content (AvgIpc) is 2.60. The van der Waals surface area contributed by atoms with Crippen LogP contribution in [0.4, 0.5) is 0 Å². The minimum absolute atomic E-state index is 0.0798. The molecule has 1 aromatic carbocycles. The van der Waals surface area contributed by atoms with Gasteiger partial charge in [-0.15, -0.1) is 0 Å². The summed E-state index contributed by atoms with van der Waals surface area (Å²) in [4.78, 5) is 34.3. The quantitative estimate of drug-likeness (QED) is 0.937. The van der Waals surface area contributed by atoms with Crippen molar-refractivity contribution >= 4 is 16.8 Å². The van der Waals surface area contributed by atoms with Crippen molar-refractivity contribution in [2.75, 3.05) is 0 Å². The van der Waals surface area contributed by atoms with E-state index in [-0.39, 0.29) is 23.4 Å². The summed E-state index contributed by atoms with van der Waals surface area (Å²) >= 11 is 0. The van der Waals surface area contributed by atoms with Gasteiger partial charge in [0.15, 0.2) is 0 Å². The van der Waals surface area contributed by atoms with Crippen molar-refractivity contribution in [3.8, 4) is 0 Å². The highest BCUT2D eigenvalue weighted by molar-refractivity contribution is 5.79. The zero-order valence-corrected chi connectivity index (χ0v) is 14.4. The highest BCUT2D eigenvalue weighted by Gasteiger charge is 2.28. The SMILES string of the molecule is CC(C)N(Cc1nc2ccccc2c(=O)[nH]1)C(=O)C1CCCCC1. The molecule has 0 saturated heterocycles. The molecule has 128 valence electrons. The molecule has 1 saturated carbocycles. The second-order valence-corrected chi connectivity index (χ2v) is 6.92. The van der Waals surface area contributed by atoms with Crippen LogP contribution in [0.5, 0.6) is 0 Å². The first-order valence-corrected chi connectivity index (χ1v) is 8.84. The van der Waals surface area contributed by atoms with Gasteiger partial charge in [0, 0.05) is 12.0 Å². The van der Waals surface area contributed by atoms with Crippen LogP contribution in [0, 0.1) is 5.92 Å². The molecule has 1 aliphatic rings. The van der Waals surface area contributed by atoms with Gasteiger partial charge in [-0.1, -0.05) is 31.4 Å². The molecule has 0 unspecified atom stereocenters. The standard InChI is InChI=1S/C19H25N3O2/c1-13(2)22(19(24)14-8-4-3-5-9-14)12-17-20-16-11-7-6-10-15(16)18(23)21-17/h6-7,10-11,13-14H,3-5,8-9,12H2,1-2H3,(H,20,21,23). The lowest BCUT2D eigenvalue weighted by Gasteiger charge is -2.31. The fourth-order valence-corrected chi connectivity index (χ4v) is 3.47. The van der Waals surface area contributed by atoms with Gasteiger partial charge in [-0.05, 0) is 38.8 Å². The second kappa shape index (κ2) is 7.16. The summed E-state index contributed by atoms with van der Waals surface area (Å²) in [5, 5.41) is 0.580. The maximum Gasteiger partial charge on any atom is 0.258 e. The Morgan fingerprint density at radius 3 is 2.67 bits per heavy atom. The van der Waals surface area contributed by atoms with Crippen LogP contribution in [0.1, 0.15) is 51.8 Å². The topological polar surface area (TPSA) is 66.1 Å². The summed E-state index contributed by atoms with van der Waals surface area (Å²) in [6.45, 7) is 4.38. The van der Waals surface area contributed by atoms with E-state index in [0.717, 1.165) is 25.7 Å². The van der Waals surface area contributed by atoms with Crippen LogP contribution in [-0.2, 0) is 11.3 Å². The maximum absolute atomic E-state index is 12.9. The van der Waals surface area contributed by atoms with E-state index in [1.54, 1.807) is 6.07 Å². The van der Waals surface area contributed by atoms with Crippen LogP contribution in [0.2, 0.25) is 0 Å². The van der Waals surface area contributed by atoms with Gasteiger partial charge in [-0.2, -0.15) is 0 Å². The van der Waals surface area contributed by atoms with Crippen molar-refractivity contribution < 1.29 is 4.79 Å². The molecule has 3 rings (SSSR count). The number of para-hydroxylation sites is 1. The van der Waals surface area contributed by atoms with E-state index in [1.165, 1.54) is 6.42 Å². The van der Waals surface area contributed by atoms with Gasteiger partial charge in [-0.25, -0.2) is 4.98 Å². The van der Waals surface area contributed by atoms with E-state index in [0.29, 0.717) is 23.3 Å². The van der Waals surface area contributed by atoms with Crippen molar-refractivity contribution in [3.63, 3.8) is 0 Å². The minimum Gasteiger partial charge on any atom is -0.333 e. The van der Waals surface area contributed by atoms with Gasteiger partial charge in [0.25, 0.3) is 5.56 Å². The normalized spacial score (nSPS) is 15.8. The molecule has 24 heavy (non-hydrogen) atoms. The number of benzene rings is 1. The molecule has 0 aliphatic heterocycles. The zero-order chi connectivity index (χ0) is 17.1. The number of hydrogen-bond acceptors (Lipinski definition) is 3. The number of aromatic amines is 1. The van der Waals surface area contributed by atoms with Gasteiger partial charge in [0.1, 0.15) is 5.82 Å². The van der Waals surface area contributed by atoms with Gasteiger partial charge in [0.2, 0.25) is 5.91 Å². The fraction of sp³-hybridized carbons (Fsp3) is 0.526. The number of aromatic nitrogens is 2. The molecule has 0 spiro atoms. The van der Waals surface area contributed by atoms with Gasteiger partial charge >= 0.3 is 0 Å². The predicted octanol–water partition coefficient (Wildman–Crippen LogP) is 3.24. The Bertz CT molecular complexity index is 776. The molecule has 1 aliphatic carbocycles. The first-order valence-electron chi connectivity index (χ1n) is 8.84. The molecule has 0 radical (unpaired) electrons. The Hall–Kier alpha value is -2.17. The third-order valence-corrected chi connectivity index (χ3v) is 4.84. The summed E-state index contributed by atoms with van der Waals surface area (Å²) in [5.41, 5.74) is 0.523. The Balaban J connectivity index is 1.85. The number of carbonyl (C=O) groups excluding carboxylic acids is 1. The third kappa shape index (κ3) is 3.50. The molecule has 0 bridgehead atoms. The zero-order valence-electron chi connectivity index (χ0n) is 14.4. The molecule has 1 N–H and O–H groups in total. The molecular weight excluding hydrogens is 302 g/mol. The summed E-state index contributed by atoms with van der Waals surface area (Å²) in [5.74, 6) is 0.866. The van der Waals surface area contributed by atoms with E-state index in [4.69, 9.17) is 0 Å². The molecule has 5 heteroatoms. The molecule has 0 atom stereocenters. The minimum atomic E-state index is -0.149. The lowest BCUT2D eigenvalue weighted by atomic mass is 9.88. The van der Waals surface area contributed by atoms with Crippen molar-refractivity contribution in [3.05, 3.63) is 40.4 Å². The predicted molar refractivity (Wildman–Crippen MR) is 94.6 cm³/mol. The number of nitrogens with zero attached hydrogens (tertiary/aromatic N) is 2. The molecule has 1 heterocycles. The number of H-pyrrole nitrogens is 1. The number of carbonyl (C=O) groups is 1. The number of hydrogen-bond donors (Lipinski definition) is 1. The summed E-state index contributed by atoms with van der Waals surface area (Å²) in [6, 6.07) is 7.36. The monoisotopic (exact) mass is 327 g/mol. The first kappa shape index (κ1) is 16.7. The number of fused-ring (bicyclic) bond motifs is 1. The fourth-order valence-electron chi connectivity index (χ4n) is 3.47. The summed E-state index contributed by atoms with van der Waals surface area (Å²) < 4.78 is 0. The summed E-state index contributed by atoms with van der Waals surface area (Å²) in [7, 11) is 0. The summed E-state index contributed by atoms with van der Waals surface area (Å²) in [6.07, 6.45) is 5.44. The highest BCUT2D eigenvalue weighted by Crippen LogP contribution is 2.26. The van der Waals surface area contributed by atoms with Crippen LogP contribution in [0.3, 0.4) is 0 Å². The average molecular weight is 327 g/mol. The Kier molecular flexibility index (Phi) is 4.97. The van der Waals surface area contributed by atoms with Crippen LogP contribution in [0.15, 0.2) is 29.1 Å². The highest BCUT2D eigenvalue weighted by atomic mass is 16.2. The number of amides is 1. The van der Waals surface area contributed by atoms with E-state index in [1.807, 2.05) is 36.9 Å². The van der Waals surface area contributed by atoms with Gasteiger partial charge in [0.05, 0.1) is 17.4 Å². The molecule has 1 fully saturated rings. The maximum atomic E-state index is 12.9. The van der Waals surface area contributed by atoms with Crippen molar-refractivity contribution in [2.24, 2.45) is 5.92 Å². The van der Waals surface area contributed by atoms with Gasteiger partial charge in [-0.3, -0.25) is 9.59 Å². The smallest absolute Gasteiger partial charge is 0.258 e. The molecule has 2 aromatic rings. The van der Waals surface area contributed by atoms with Crippen LogP contribution in [-0.4, -0.2) is 26.8 Å². The van der Waals surface area contributed by atoms with E-state index in [2.05, 4.69) is 9.97 Å². The number of nitrogens with one attached hydrogen (secondary N) is 1. The van der Waals surface area contributed by atoms with Crippen molar-refractivity contribution in [1.82, 2.24) is 14.9 Å². The number of rotatable bonds is 4. The van der Waals surface area contributed by atoms with Crippen molar-refractivity contribution in [1.29, 1.82) is 0 Å². The Morgan fingerprint density at radius 2 is 1.96 bits per heavy atom. The van der Waals surface area contributed by atoms with Crippen LogP contribution >= 0.6 is 0 Å². The van der Waals surface area contributed by atoms with E-state index < -0.39 is 0 Å². The third-order valence-electron chi connectivity index (χ3n) is 4.84. The van der Waals surface area contributed by atoms with Gasteiger partial charge < -0.3 is 9.88 Å². The van der Waals surface area contributed by atoms with Crippen LogP contribution in [0.25, 0.3) is 10.9 Å². The first-order chi connectivity index (χ1) is 11.6. The lowest BCUT2D eigenvalue weighted by molar-refractivity contribution is -0.139. The molecule has 1 amide bonds. The van der Waals surface area contributed by atoms with Crippen LogP contribution < -0.4 is 5.56 Å². The Morgan fingerprint density at radius 1 is 1.25 bits per heavy atom. The lowest BCUT2D eigenvalue weighted by Crippen LogP contribution is -2.41. The molecule has 1 aromatic heterocycles. The van der Waals surface area contributed by atoms with Crippen molar-refractivity contribution in [2.45, 2.75) is 58.5 Å². The molecular formula is C19H25N3O2. The largest absolute Gasteiger partial charge is 0.333 e. The Labute approximate surface area is 142 Å². The molecule has 5 nitrogen and oxygen atoms in total.